The molecule has 13 heavy (non-hydrogen) atoms. The monoisotopic (exact) mass is 185 g/mol. The van der Waals surface area contributed by atoms with E-state index in [1.165, 1.54) is 12.8 Å². The number of nitrogens with zero attached hydrogens (tertiary/aromatic N) is 1. The molecule has 0 aromatic rings. The van der Waals surface area contributed by atoms with Gasteiger partial charge in [-0.1, -0.05) is 6.92 Å². The molecular weight excluding hydrogens is 166 g/mol. The SMILES string of the molecule is CCCC(=O)CN(CCO)C1CC1. The average Bonchev–Trinajstić information content (AvgIpc) is 2.86. The lowest BCUT2D eigenvalue weighted by Crippen LogP contribution is -2.34. The minimum absolute atomic E-state index is 0.163. The van der Waals surface area contributed by atoms with Crippen molar-refractivity contribution in [2.75, 3.05) is 19.7 Å². The summed E-state index contributed by atoms with van der Waals surface area (Å²) in [6.07, 6.45) is 3.99. The highest BCUT2D eigenvalue weighted by Gasteiger charge is 2.29. The lowest BCUT2D eigenvalue weighted by molar-refractivity contribution is -0.120. The number of carbonyl (C=O) groups excluding carboxylic acids is 1. The van der Waals surface area contributed by atoms with E-state index in [4.69, 9.17) is 5.11 Å². The first kappa shape index (κ1) is 10.7. The second-order valence-electron chi connectivity index (χ2n) is 3.71. The molecule has 0 amide bonds. The number of carbonyl (C=O) groups is 1. The van der Waals surface area contributed by atoms with Crippen LogP contribution in [0.15, 0.2) is 0 Å². The van der Waals surface area contributed by atoms with Crippen molar-refractivity contribution in [1.82, 2.24) is 4.90 Å². The third kappa shape index (κ3) is 3.87. The van der Waals surface area contributed by atoms with Crippen LogP contribution in [0.5, 0.6) is 0 Å². The Morgan fingerprint density at radius 1 is 1.54 bits per heavy atom. The highest BCUT2D eigenvalue weighted by molar-refractivity contribution is 5.80. The number of Topliss-reactive ketones (excluding diaryl/α,β-unsaturated/α-hetero) is 1. The summed E-state index contributed by atoms with van der Waals surface area (Å²) in [5, 5.41) is 8.80. The van der Waals surface area contributed by atoms with Gasteiger partial charge in [0.2, 0.25) is 0 Å². The molecule has 0 radical (unpaired) electrons. The summed E-state index contributed by atoms with van der Waals surface area (Å²) in [4.78, 5) is 13.4. The Balaban J connectivity index is 2.24. The van der Waals surface area contributed by atoms with Gasteiger partial charge in [0, 0.05) is 19.0 Å². The predicted molar refractivity (Wildman–Crippen MR) is 51.6 cm³/mol. The summed E-state index contributed by atoms with van der Waals surface area (Å²) in [7, 11) is 0. The lowest BCUT2D eigenvalue weighted by atomic mass is 10.2. The third-order valence-electron chi connectivity index (χ3n) is 2.36. The van der Waals surface area contributed by atoms with Crippen molar-refractivity contribution in [3.63, 3.8) is 0 Å². The molecule has 0 aromatic carbocycles. The fourth-order valence-corrected chi connectivity index (χ4v) is 1.54. The summed E-state index contributed by atoms with van der Waals surface area (Å²) in [5.74, 6) is 0.308. The van der Waals surface area contributed by atoms with Crippen LogP contribution in [-0.4, -0.2) is 41.5 Å². The molecule has 3 nitrogen and oxygen atoms in total. The zero-order valence-electron chi connectivity index (χ0n) is 8.33. The van der Waals surface area contributed by atoms with Crippen molar-refractivity contribution in [1.29, 1.82) is 0 Å². The van der Waals surface area contributed by atoms with E-state index in [0.29, 0.717) is 31.3 Å². The standard InChI is InChI=1S/C10H19NO2/c1-2-3-10(13)8-11(6-7-12)9-4-5-9/h9,12H,2-8H2,1H3. The van der Waals surface area contributed by atoms with Crippen LogP contribution in [0, 0.1) is 0 Å². The smallest absolute Gasteiger partial charge is 0.146 e. The quantitative estimate of drug-likeness (QED) is 0.638. The molecular formula is C10H19NO2. The molecule has 76 valence electrons. The number of ketones is 1. The molecule has 1 fully saturated rings. The van der Waals surface area contributed by atoms with Crippen LogP contribution in [-0.2, 0) is 4.79 Å². The van der Waals surface area contributed by atoms with E-state index in [2.05, 4.69) is 4.90 Å². The average molecular weight is 185 g/mol. The molecule has 0 spiro atoms. The molecule has 1 rings (SSSR count). The zero-order valence-corrected chi connectivity index (χ0v) is 8.33. The van der Waals surface area contributed by atoms with Crippen LogP contribution in [0.3, 0.4) is 0 Å². The number of hydrogen-bond acceptors (Lipinski definition) is 3. The Morgan fingerprint density at radius 2 is 2.23 bits per heavy atom. The number of aliphatic hydroxyl groups excluding tert-OH is 1. The molecule has 1 N–H and O–H groups in total. The summed E-state index contributed by atoms with van der Waals surface area (Å²) in [5.41, 5.74) is 0. The minimum Gasteiger partial charge on any atom is -0.395 e. The molecule has 0 unspecified atom stereocenters. The highest BCUT2D eigenvalue weighted by atomic mass is 16.3. The van der Waals surface area contributed by atoms with Crippen molar-refractivity contribution in [2.24, 2.45) is 0 Å². The van der Waals surface area contributed by atoms with E-state index in [-0.39, 0.29) is 6.61 Å². The summed E-state index contributed by atoms with van der Waals surface area (Å²) in [6.45, 7) is 3.38. The first-order valence-electron chi connectivity index (χ1n) is 5.14. The maximum Gasteiger partial charge on any atom is 0.146 e. The number of rotatable bonds is 7. The Bertz CT molecular complexity index is 166. The summed E-state index contributed by atoms with van der Waals surface area (Å²) >= 11 is 0. The fraction of sp³-hybridized carbons (Fsp3) is 0.900. The predicted octanol–water partition coefficient (Wildman–Crippen LogP) is 0.812. The molecule has 0 bridgehead atoms. The Hall–Kier alpha value is -0.410. The Labute approximate surface area is 79.7 Å². The number of hydrogen-bond donors (Lipinski definition) is 1. The zero-order chi connectivity index (χ0) is 9.68. The van der Waals surface area contributed by atoms with Crippen LogP contribution < -0.4 is 0 Å². The number of aliphatic hydroxyl groups is 1. The molecule has 0 saturated heterocycles. The van der Waals surface area contributed by atoms with Gasteiger partial charge in [-0.25, -0.2) is 0 Å². The summed E-state index contributed by atoms with van der Waals surface area (Å²) < 4.78 is 0. The van der Waals surface area contributed by atoms with Crippen molar-refractivity contribution < 1.29 is 9.90 Å². The van der Waals surface area contributed by atoms with E-state index < -0.39 is 0 Å². The minimum atomic E-state index is 0.163. The largest absolute Gasteiger partial charge is 0.395 e. The van der Waals surface area contributed by atoms with E-state index in [1.807, 2.05) is 6.92 Å². The first-order valence-corrected chi connectivity index (χ1v) is 5.14. The van der Waals surface area contributed by atoms with Gasteiger partial charge in [-0.2, -0.15) is 0 Å². The fourth-order valence-electron chi connectivity index (χ4n) is 1.54. The topological polar surface area (TPSA) is 40.5 Å². The van der Waals surface area contributed by atoms with E-state index >= 15 is 0 Å². The molecule has 0 aromatic heterocycles. The van der Waals surface area contributed by atoms with Gasteiger partial charge in [-0.3, -0.25) is 9.69 Å². The molecule has 1 aliphatic rings. The molecule has 3 heteroatoms. The second-order valence-corrected chi connectivity index (χ2v) is 3.71. The van der Waals surface area contributed by atoms with Crippen LogP contribution in [0.25, 0.3) is 0 Å². The van der Waals surface area contributed by atoms with Gasteiger partial charge >= 0.3 is 0 Å². The Morgan fingerprint density at radius 3 is 2.69 bits per heavy atom. The van der Waals surface area contributed by atoms with Crippen LogP contribution in [0.2, 0.25) is 0 Å². The molecule has 1 saturated carbocycles. The van der Waals surface area contributed by atoms with Gasteiger partial charge in [0.25, 0.3) is 0 Å². The van der Waals surface area contributed by atoms with Gasteiger partial charge in [0.15, 0.2) is 0 Å². The first-order chi connectivity index (χ1) is 6.27. The van der Waals surface area contributed by atoms with Crippen LogP contribution in [0.4, 0.5) is 0 Å². The van der Waals surface area contributed by atoms with E-state index in [0.717, 1.165) is 6.42 Å². The maximum atomic E-state index is 11.3. The normalized spacial score (nSPS) is 16.5. The van der Waals surface area contributed by atoms with Crippen LogP contribution >= 0.6 is 0 Å². The second kappa shape index (κ2) is 5.35. The van der Waals surface area contributed by atoms with E-state index in [9.17, 15) is 4.79 Å². The van der Waals surface area contributed by atoms with Crippen molar-refractivity contribution in [3.05, 3.63) is 0 Å². The Kier molecular flexibility index (Phi) is 4.39. The van der Waals surface area contributed by atoms with Crippen molar-refractivity contribution >= 4 is 5.78 Å². The van der Waals surface area contributed by atoms with Gasteiger partial charge in [0.1, 0.15) is 5.78 Å². The van der Waals surface area contributed by atoms with Crippen molar-refractivity contribution in [2.45, 2.75) is 38.6 Å². The maximum absolute atomic E-state index is 11.3. The van der Waals surface area contributed by atoms with Crippen LogP contribution in [0.1, 0.15) is 32.6 Å². The molecule has 1 aliphatic carbocycles. The summed E-state index contributed by atoms with van der Waals surface area (Å²) in [6, 6.07) is 0.577. The molecule has 0 heterocycles. The third-order valence-corrected chi connectivity index (χ3v) is 2.36. The molecule has 0 aliphatic heterocycles. The van der Waals surface area contributed by atoms with Crippen molar-refractivity contribution in [3.8, 4) is 0 Å². The van der Waals surface area contributed by atoms with Gasteiger partial charge in [-0.15, -0.1) is 0 Å². The highest BCUT2D eigenvalue weighted by Crippen LogP contribution is 2.26. The lowest BCUT2D eigenvalue weighted by Gasteiger charge is -2.19. The van der Waals surface area contributed by atoms with E-state index in [1.54, 1.807) is 0 Å². The molecule has 0 atom stereocenters. The van der Waals surface area contributed by atoms with Gasteiger partial charge < -0.3 is 5.11 Å². The van der Waals surface area contributed by atoms with Gasteiger partial charge in [-0.05, 0) is 19.3 Å². The van der Waals surface area contributed by atoms with Gasteiger partial charge in [0.05, 0.1) is 13.2 Å².